The molecule has 4 nitrogen and oxygen atoms in total. The quantitative estimate of drug-likeness (QED) is 0.418. The van der Waals surface area contributed by atoms with Gasteiger partial charge in [0.25, 0.3) is 0 Å². The highest BCUT2D eigenvalue weighted by molar-refractivity contribution is 5.68. The second kappa shape index (κ2) is 12.2. The standard InChI is InChI=1S/C25H40O4/c1-4-6-7-9-18(3)12-14-22-20(13-15-23(22)26)16-19-10-8-11-24(21(19)5-2)29-17-25(27)28/h8,10-11,18,20,22-23,26H,4-7,9,12-17H2,1-3H3,(H,27,28)/t18-,20+,22+,23+/m0/s1. The fourth-order valence-electron chi connectivity index (χ4n) is 4.93. The van der Waals surface area contributed by atoms with Crippen molar-refractivity contribution >= 4 is 5.97 Å². The van der Waals surface area contributed by atoms with E-state index in [1.54, 1.807) is 0 Å². The minimum absolute atomic E-state index is 0.181. The molecule has 2 N–H and O–H groups in total. The summed E-state index contributed by atoms with van der Waals surface area (Å²) >= 11 is 0. The van der Waals surface area contributed by atoms with Crippen LogP contribution in [0.5, 0.6) is 5.75 Å². The number of carbonyl (C=O) groups is 1. The van der Waals surface area contributed by atoms with Crippen LogP contribution in [0, 0.1) is 17.8 Å². The average molecular weight is 405 g/mol. The van der Waals surface area contributed by atoms with E-state index in [0.29, 0.717) is 17.6 Å². The van der Waals surface area contributed by atoms with Crippen molar-refractivity contribution in [2.45, 2.75) is 91.1 Å². The highest BCUT2D eigenvalue weighted by Crippen LogP contribution is 2.39. The first kappa shape index (κ1) is 23.7. The van der Waals surface area contributed by atoms with Crippen LogP contribution in [0.4, 0.5) is 0 Å². The Balaban J connectivity index is 2.00. The maximum atomic E-state index is 10.9. The van der Waals surface area contributed by atoms with Crippen molar-refractivity contribution in [3.63, 3.8) is 0 Å². The first-order valence-electron chi connectivity index (χ1n) is 11.6. The highest BCUT2D eigenvalue weighted by Gasteiger charge is 2.35. The van der Waals surface area contributed by atoms with E-state index < -0.39 is 5.97 Å². The van der Waals surface area contributed by atoms with Gasteiger partial charge in [0.05, 0.1) is 6.10 Å². The first-order chi connectivity index (χ1) is 14.0. The molecule has 0 saturated heterocycles. The van der Waals surface area contributed by atoms with E-state index in [-0.39, 0.29) is 12.7 Å². The lowest BCUT2D eigenvalue weighted by Crippen LogP contribution is -2.22. The lowest BCUT2D eigenvalue weighted by Gasteiger charge is -2.25. The Kier molecular flexibility index (Phi) is 9.99. The maximum Gasteiger partial charge on any atom is 0.341 e. The van der Waals surface area contributed by atoms with Crippen LogP contribution in [0.25, 0.3) is 0 Å². The number of carboxylic acids is 1. The van der Waals surface area contributed by atoms with E-state index in [1.807, 2.05) is 12.1 Å². The third-order valence-corrected chi connectivity index (χ3v) is 6.64. The summed E-state index contributed by atoms with van der Waals surface area (Å²) in [5.41, 5.74) is 2.36. The fourth-order valence-corrected chi connectivity index (χ4v) is 4.93. The smallest absolute Gasteiger partial charge is 0.341 e. The van der Waals surface area contributed by atoms with Gasteiger partial charge in [-0.25, -0.2) is 4.79 Å². The Morgan fingerprint density at radius 1 is 1.21 bits per heavy atom. The van der Waals surface area contributed by atoms with Crippen molar-refractivity contribution in [1.29, 1.82) is 0 Å². The molecule has 1 aromatic carbocycles. The number of benzene rings is 1. The SMILES string of the molecule is CCCCC[C@H](C)CC[C@@H]1[C@@H](Cc2cccc(OCC(=O)O)c2CC)CC[C@H]1O. The molecule has 0 spiro atoms. The van der Waals surface area contributed by atoms with Crippen LogP contribution in [-0.4, -0.2) is 28.9 Å². The van der Waals surface area contributed by atoms with E-state index >= 15 is 0 Å². The summed E-state index contributed by atoms with van der Waals surface area (Å²) in [5.74, 6) is 1.33. The molecule has 2 rings (SSSR count). The van der Waals surface area contributed by atoms with Crippen molar-refractivity contribution in [2.75, 3.05) is 6.61 Å². The number of rotatable bonds is 13. The number of unbranched alkanes of at least 4 members (excludes halogenated alkanes) is 2. The number of hydrogen-bond donors (Lipinski definition) is 2. The van der Waals surface area contributed by atoms with E-state index in [2.05, 4.69) is 26.8 Å². The molecule has 0 heterocycles. The zero-order chi connectivity index (χ0) is 21.2. The van der Waals surface area contributed by atoms with E-state index in [0.717, 1.165) is 43.6 Å². The van der Waals surface area contributed by atoms with Gasteiger partial charge in [0.15, 0.2) is 6.61 Å². The van der Waals surface area contributed by atoms with Crippen molar-refractivity contribution in [1.82, 2.24) is 0 Å². The number of hydrogen-bond acceptors (Lipinski definition) is 3. The summed E-state index contributed by atoms with van der Waals surface area (Å²) < 4.78 is 5.52. The van der Waals surface area contributed by atoms with Gasteiger partial charge in [-0.1, -0.05) is 65.0 Å². The summed E-state index contributed by atoms with van der Waals surface area (Å²) in [6.45, 7) is 6.38. The summed E-state index contributed by atoms with van der Waals surface area (Å²) in [6.07, 6.45) is 11.1. The Bertz CT molecular complexity index is 627. The lowest BCUT2D eigenvalue weighted by atomic mass is 9.82. The third-order valence-electron chi connectivity index (χ3n) is 6.64. The zero-order valence-corrected chi connectivity index (χ0v) is 18.5. The molecule has 1 saturated carbocycles. The van der Waals surface area contributed by atoms with Crippen molar-refractivity contribution in [2.24, 2.45) is 17.8 Å². The Labute approximate surface area is 176 Å². The molecule has 1 fully saturated rings. The van der Waals surface area contributed by atoms with Gasteiger partial charge in [-0.15, -0.1) is 0 Å². The highest BCUT2D eigenvalue weighted by atomic mass is 16.5. The maximum absolute atomic E-state index is 10.9. The largest absolute Gasteiger partial charge is 0.482 e. The number of aliphatic carboxylic acids is 1. The van der Waals surface area contributed by atoms with Gasteiger partial charge in [-0.3, -0.25) is 0 Å². The predicted molar refractivity (Wildman–Crippen MR) is 117 cm³/mol. The van der Waals surface area contributed by atoms with Gasteiger partial charge >= 0.3 is 5.97 Å². The van der Waals surface area contributed by atoms with Crippen LogP contribution in [0.15, 0.2) is 18.2 Å². The van der Waals surface area contributed by atoms with Crippen molar-refractivity contribution < 1.29 is 19.7 Å². The van der Waals surface area contributed by atoms with Crippen LogP contribution >= 0.6 is 0 Å². The molecular formula is C25H40O4. The van der Waals surface area contributed by atoms with Gasteiger partial charge in [0.1, 0.15) is 5.75 Å². The van der Waals surface area contributed by atoms with Crippen LogP contribution in [0.1, 0.15) is 83.3 Å². The molecule has 0 unspecified atom stereocenters. The van der Waals surface area contributed by atoms with Gasteiger partial charge in [0.2, 0.25) is 0 Å². The minimum atomic E-state index is -0.954. The summed E-state index contributed by atoms with van der Waals surface area (Å²) in [4.78, 5) is 10.9. The van der Waals surface area contributed by atoms with E-state index in [4.69, 9.17) is 9.84 Å². The van der Waals surface area contributed by atoms with E-state index in [1.165, 1.54) is 37.7 Å². The van der Waals surface area contributed by atoms with Crippen molar-refractivity contribution in [3.05, 3.63) is 29.3 Å². The third kappa shape index (κ3) is 7.33. The number of aliphatic hydroxyl groups excluding tert-OH is 1. The molecule has 0 amide bonds. The minimum Gasteiger partial charge on any atom is -0.482 e. The molecule has 164 valence electrons. The number of carboxylic acid groups (broad SMARTS) is 1. The van der Waals surface area contributed by atoms with Gasteiger partial charge in [0, 0.05) is 0 Å². The molecule has 0 radical (unpaired) electrons. The number of aliphatic hydroxyl groups is 1. The Morgan fingerprint density at radius 2 is 2.00 bits per heavy atom. The molecule has 4 heteroatoms. The molecule has 0 bridgehead atoms. The molecule has 0 aliphatic heterocycles. The van der Waals surface area contributed by atoms with Gasteiger partial charge in [-0.05, 0) is 67.1 Å². The van der Waals surface area contributed by atoms with E-state index in [9.17, 15) is 9.90 Å². The molecule has 1 aliphatic carbocycles. The normalized spacial score (nSPS) is 22.6. The molecule has 1 aromatic rings. The Morgan fingerprint density at radius 3 is 2.69 bits per heavy atom. The Hall–Kier alpha value is -1.55. The summed E-state index contributed by atoms with van der Waals surface area (Å²) in [7, 11) is 0. The van der Waals surface area contributed by atoms with Crippen LogP contribution < -0.4 is 4.74 Å². The monoisotopic (exact) mass is 404 g/mol. The molecule has 4 atom stereocenters. The predicted octanol–water partition coefficient (Wildman–Crippen LogP) is 5.64. The van der Waals surface area contributed by atoms with Gasteiger partial charge < -0.3 is 14.9 Å². The summed E-state index contributed by atoms with van der Waals surface area (Å²) in [5, 5.41) is 19.5. The topological polar surface area (TPSA) is 66.8 Å². The molecular weight excluding hydrogens is 364 g/mol. The first-order valence-corrected chi connectivity index (χ1v) is 11.6. The molecule has 0 aromatic heterocycles. The second-order valence-electron chi connectivity index (χ2n) is 8.88. The average Bonchev–Trinajstić information content (AvgIpc) is 3.04. The molecule has 29 heavy (non-hydrogen) atoms. The lowest BCUT2D eigenvalue weighted by molar-refractivity contribution is -0.139. The second-order valence-corrected chi connectivity index (χ2v) is 8.88. The van der Waals surface area contributed by atoms with Crippen molar-refractivity contribution in [3.8, 4) is 5.75 Å². The summed E-state index contributed by atoms with van der Waals surface area (Å²) in [6, 6.07) is 5.97. The van der Waals surface area contributed by atoms with Crippen LogP contribution in [0.2, 0.25) is 0 Å². The zero-order valence-electron chi connectivity index (χ0n) is 18.5. The fraction of sp³-hybridized carbons (Fsp3) is 0.720. The van der Waals surface area contributed by atoms with Gasteiger partial charge in [-0.2, -0.15) is 0 Å². The van der Waals surface area contributed by atoms with Crippen LogP contribution in [0.3, 0.4) is 0 Å². The number of ether oxygens (including phenoxy) is 1. The van der Waals surface area contributed by atoms with Crippen LogP contribution in [-0.2, 0) is 17.6 Å². The molecule has 1 aliphatic rings.